The number of amides is 2. The lowest BCUT2D eigenvalue weighted by Crippen LogP contribution is -2.43. The van der Waals surface area contributed by atoms with Gasteiger partial charge in [0.05, 0.1) is 7.11 Å². The smallest absolute Gasteiger partial charge is 0.321 e. The molecule has 1 aromatic carbocycles. The summed E-state index contributed by atoms with van der Waals surface area (Å²) < 4.78 is 6.95. The van der Waals surface area contributed by atoms with E-state index >= 15 is 0 Å². The summed E-state index contributed by atoms with van der Waals surface area (Å²) in [5, 5.41) is 7.08. The van der Waals surface area contributed by atoms with Crippen LogP contribution >= 0.6 is 0 Å². The Hall–Kier alpha value is -2.57. The zero-order valence-electron chi connectivity index (χ0n) is 13.2. The third kappa shape index (κ3) is 4.00. The summed E-state index contributed by atoms with van der Waals surface area (Å²) in [6.45, 7) is 2.32. The van der Waals surface area contributed by atoms with Crippen LogP contribution in [-0.2, 0) is 6.54 Å². The molecule has 7 heteroatoms. The van der Waals surface area contributed by atoms with E-state index in [1.54, 1.807) is 13.4 Å². The highest BCUT2D eigenvalue weighted by molar-refractivity contribution is 5.89. The summed E-state index contributed by atoms with van der Waals surface area (Å²) in [5.41, 5.74) is 0.772. The Morgan fingerprint density at radius 2 is 2.22 bits per heavy atom. The average molecular weight is 315 g/mol. The maximum Gasteiger partial charge on any atom is 0.321 e. The van der Waals surface area contributed by atoms with Crippen LogP contribution in [0.15, 0.2) is 36.9 Å². The van der Waals surface area contributed by atoms with Crippen molar-refractivity contribution in [2.24, 2.45) is 5.92 Å². The van der Waals surface area contributed by atoms with Crippen LogP contribution < -0.4 is 10.1 Å². The number of ether oxygens (including phenoxy) is 1. The largest absolute Gasteiger partial charge is 0.497 e. The molecule has 1 aliphatic heterocycles. The highest BCUT2D eigenvalue weighted by Gasteiger charge is 2.24. The second-order valence-electron chi connectivity index (χ2n) is 5.73. The number of benzene rings is 1. The first-order valence-corrected chi connectivity index (χ1v) is 7.77. The van der Waals surface area contributed by atoms with Crippen molar-refractivity contribution in [3.05, 3.63) is 36.9 Å². The van der Waals surface area contributed by atoms with Gasteiger partial charge in [0, 0.05) is 25.3 Å². The van der Waals surface area contributed by atoms with Crippen LogP contribution in [0.25, 0.3) is 0 Å². The van der Waals surface area contributed by atoms with Gasteiger partial charge in [0.15, 0.2) is 0 Å². The Balaban J connectivity index is 1.55. The van der Waals surface area contributed by atoms with E-state index in [1.165, 1.54) is 6.33 Å². The number of carbonyl (C=O) groups is 1. The molecular weight excluding hydrogens is 294 g/mol. The molecule has 3 rings (SSSR count). The lowest BCUT2D eigenvalue weighted by molar-refractivity contribution is 0.168. The van der Waals surface area contributed by atoms with Crippen molar-refractivity contribution in [2.45, 2.75) is 19.4 Å². The molecule has 1 aromatic heterocycles. The summed E-state index contributed by atoms with van der Waals surface area (Å²) in [6, 6.07) is 7.29. The van der Waals surface area contributed by atoms with Crippen molar-refractivity contribution in [3.63, 3.8) is 0 Å². The topological polar surface area (TPSA) is 72.3 Å². The minimum Gasteiger partial charge on any atom is -0.497 e. The Morgan fingerprint density at radius 1 is 1.39 bits per heavy atom. The van der Waals surface area contributed by atoms with E-state index in [2.05, 4.69) is 15.4 Å². The first kappa shape index (κ1) is 15.3. The van der Waals surface area contributed by atoms with Gasteiger partial charge in [-0.05, 0) is 43.0 Å². The summed E-state index contributed by atoms with van der Waals surface area (Å²) in [7, 11) is 1.62. The summed E-state index contributed by atoms with van der Waals surface area (Å²) in [4.78, 5) is 18.2. The van der Waals surface area contributed by atoms with Crippen molar-refractivity contribution in [3.8, 4) is 5.75 Å². The number of anilines is 1. The Morgan fingerprint density at radius 3 is 2.91 bits per heavy atom. The number of nitrogens with zero attached hydrogens (tertiary/aromatic N) is 4. The van der Waals surface area contributed by atoms with Crippen LogP contribution in [0.4, 0.5) is 10.5 Å². The van der Waals surface area contributed by atoms with Crippen molar-refractivity contribution in [1.82, 2.24) is 19.7 Å². The molecule has 2 amide bonds. The fraction of sp³-hybridized carbons (Fsp3) is 0.438. The van der Waals surface area contributed by atoms with Crippen LogP contribution in [0, 0.1) is 5.92 Å². The van der Waals surface area contributed by atoms with Gasteiger partial charge in [-0.15, -0.1) is 0 Å². The standard InChI is InChI=1S/C16H21N5O2/c1-23-15-6-4-14(5-7-15)19-16(22)20-8-2-3-13(9-20)10-21-12-17-11-18-21/h4-7,11-13H,2-3,8-10H2,1H3,(H,19,22). The van der Waals surface area contributed by atoms with Gasteiger partial charge in [0.25, 0.3) is 0 Å². The van der Waals surface area contributed by atoms with Crippen LogP contribution in [0.1, 0.15) is 12.8 Å². The number of nitrogens with one attached hydrogen (secondary N) is 1. The quantitative estimate of drug-likeness (QED) is 0.939. The van der Waals surface area contributed by atoms with Crippen LogP contribution in [-0.4, -0.2) is 45.9 Å². The van der Waals surface area contributed by atoms with Gasteiger partial charge in [-0.2, -0.15) is 5.10 Å². The van der Waals surface area contributed by atoms with Gasteiger partial charge < -0.3 is 15.0 Å². The summed E-state index contributed by atoms with van der Waals surface area (Å²) in [5.74, 6) is 1.18. The number of aromatic nitrogens is 3. The molecule has 122 valence electrons. The molecule has 1 N–H and O–H groups in total. The molecule has 1 saturated heterocycles. The van der Waals surface area contributed by atoms with Gasteiger partial charge in [-0.25, -0.2) is 9.78 Å². The molecule has 0 aliphatic carbocycles. The Kier molecular flexibility index (Phi) is 4.75. The minimum absolute atomic E-state index is 0.0570. The van der Waals surface area contributed by atoms with Gasteiger partial charge in [-0.1, -0.05) is 0 Å². The summed E-state index contributed by atoms with van der Waals surface area (Å²) in [6.07, 6.45) is 5.37. The second-order valence-corrected chi connectivity index (χ2v) is 5.73. The third-order valence-electron chi connectivity index (χ3n) is 4.06. The Labute approximate surface area is 135 Å². The first-order valence-electron chi connectivity index (χ1n) is 7.77. The van der Waals surface area contributed by atoms with E-state index in [9.17, 15) is 4.79 Å². The zero-order valence-corrected chi connectivity index (χ0v) is 13.2. The molecule has 0 saturated carbocycles. The van der Waals surface area contributed by atoms with Crippen molar-refractivity contribution >= 4 is 11.7 Å². The van der Waals surface area contributed by atoms with Crippen molar-refractivity contribution in [1.29, 1.82) is 0 Å². The molecule has 23 heavy (non-hydrogen) atoms. The summed E-state index contributed by atoms with van der Waals surface area (Å²) >= 11 is 0. The molecule has 2 heterocycles. The van der Waals surface area contributed by atoms with Crippen LogP contribution in [0.3, 0.4) is 0 Å². The van der Waals surface area contributed by atoms with Gasteiger partial charge in [0.2, 0.25) is 0 Å². The molecule has 1 fully saturated rings. The van der Waals surface area contributed by atoms with Crippen LogP contribution in [0.5, 0.6) is 5.75 Å². The molecule has 0 spiro atoms. The lowest BCUT2D eigenvalue weighted by atomic mass is 9.98. The van der Waals surface area contributed by atoms with E-state index in [-0.39, 0.29) is 6.03 Å². The number of piperidine rings is 1. The van der Waals surface area contributed by atoms with E-state index in [0.29, 0.717) is 5.92 Å². The number of hydrogen-bond acceptors (Lipinski definition) is 4. The molecule has 2 aromatic rings. The number of methoxy groups -OCH3 is 1. The van der Waals surface area contributed by atoms with Crippen molar-refractivity contribution in [2.75, 3.05) is 25.5 Å². The second kappa shape index (κ2) is 7.13. The number of likely N-dealkylation sites (tertiary alicyclic amines) is 1. The van der Waals surface area contributed by atoms with Gasteiger partial charge in [-0.3, -0.25) is 4.68 Å². The number of rotatable bonds is 4. The molecule has 7 nitrogen and oxygen atoms in total. The predicted molar refractivity (Wildman–Crippen MR) is 86.3 cm³/mol. The average Bonchev–Trinajstić information content (AvgIpc) is 3.09. The molecule has 0 radical (unpaired) electrons. The normalized spacial score (nSPS) is 17.8. The third-order valence-corrected chi connectivity index (χ3v) is 4.06. The van der Waals surface area contributed by atoms with Crippen LogP contribution in [0.2, 0.25) is 0 Å². The lowest BCUT2D eigenvalue weighted by Gasteiger charge is -2.32. The monoisotopic (exact) mass is 315 g/mol. The maximum atomic E-state index is 12.4. The van der Waals surface area contributed by atoms with E-state index in [1.807, 2.05) is 33.8 Å². The number of hydrogen-bond donors (Lipinski definition) is 1. The first-order chi connectivity index (χ1) is 11.2. The molecule has 0 bridgehead atoms. The van der Waals surface area contributed by atoms with Gasteiger partial charge in [0.1, 0.15) is 18.4 Å². The highest BCUT2D eigenvalue weighted by atomic mass is 16.5. The molecule has 1 aliphatic rings. The van der Waals surface area contributed by atoms with E-state index in [0.717, 1.165) is 43.9 Å². The predicted octanol–water partition coefficient (Wildman–Crippen LogP) is 2.23. The Bertz CT molecular complexity index is 626. The molecule has 1 atom stereocenters. The fourth-order valence-electron chi connectivity index (χ4n) is 2.87. The SMILES string of the molecule is COc1ccc(NC(=O)N2CCCC(Cn3cncn3)C2)cc1. The molecule has 1 unspecified atom stereocenters. The molecular formula is C16H21N5O2. The van der Waals surface area contributed by atoms with E-state index < -0.39 is 0 Å². The number of carbonyl (C=O) groups excluding carboxylic acids is 1. The fourth-order valence-corrected chi connectivity index (χ4v) is 2.87. The maximum absolute atomic E-state index is 12.4. The van der Waals surface area contributed by atoms with Gasteiger partial charge >= 0.3 is 6.03 Å². The zero-order chi connectivity index (χ0) is 16.1. The minimum atomic E-state index is -0.0570. The highest BCUT2D eigenvalue weighted by Crippen LogP contribution is 2.20. The van der Waals surface area contributed by atoms with Crippen molar-refractivity contribution < 1.29 is 9.53 Å². The van der Waals surface area contributed by atoms with E-state index in [4.69, 9.17) is 4.74 Å². The number of urea groups is 1.